The number of rotatable bonds is 4. The largest absolute Gasteiger partial charge is 0.378 e. The maximum Gasteiger partial charge on any atom is 0.106 e. The van der Waals surface area contributed by atoms with Gasteiger partial charge in [0.2, 0.25) is 0 Å². The number of ether oxygens (including phenoxy) is 3. The van der Waals surface area contributed by atoms with Gasteiger partial charge in [0, 0.05) is 26.7 Å². The van der Waals surface area contributed by atoms with E-state index >= 15 is 0 Å². The van der Waals surface area contributed by atoms with Crippen LogP contribution in [0.25, 0.3) is 0 Å². The zero-order valence-corrected chi connectivity index (χ0v) is 11.4. The molecular weight excluding hydrogens is 242 g/mol. The van der Waals surface area contributed by atoms with Crippen LogP contribution in [0.2, 0.25) is 0 Å². The third-order valence-electron chi connectivity index (χ3n) is 4.14. The molecule has 4 nitrogen and oxygen atoms in total. The Labute approximate surface area is 114 Å². The summed E-state index contributed by atoms with van der Waals surface area (Å²) >= 11 is 0. The second-order valence-corrected chi connectivity index (χ2v) is 5.34. The molecule has 104 valence electrons. The van der Waals surface area contributed by atoms with Gasteiger partial charge in [-0.2, -0.15) is 0 Å². The van der Waals surface area contributed by atoms with E-state index in [0.29, 0.717) is 13.2 Å². The monoisotopic (exact) mass is 263 g/mol. The minimum absolute atomic E-state index is 0.174. The molecule has 19 heavy (non-hydrogen) atoms. The van der Waals surface area contributed by atoms with Crippen LogP contribution in [0.15, 0.2) is 24.3 Å². The Hall–Kier alpha value is -0.940. The lowest BCUT2D eigenvalue weighted by Crippen LogP contribution is -2.45. The van der Waals surface area contributed by atoms with Crippen molar-refractivity contribution in [2.75, 3.05) is 33.5 Å². The van der Waals surface area contributed by atoms with Gasteiger partial charge in [-0.25, -0.2) is 0 Å². The molecule has 2 aliphatic heterocycles. The van der Waals surface area contributed by atoms with E-state index < -0.39 is 0 Å². The zero-order chi connectivity index (χ0) is 13.1. The number of benzene rings is 1. The standard InChI is InChI=1S/C15H21NO3/c1-17-15(6-7-18-11-15)10-16-14-9-19-8-12-4-2-3-5-13(12)14/h2-5,14,16H,6-11H2,1H3. The zero-order valence-electron chi connectivity index (χ0n) is 11.4. The second kappa shape index (κ2) is 5.59. The van der Waals surface area contributed by atoms with Gasteiger partial charge in [0.15, 0.2) is 0 Å². The van der Waals surface area contributed by atoms with Crippen molar-refractivity contribution < 1.29 is 14.2 Å². The molecule has 2 atom stereocenters. The molecule has 0 radical (unpaired) electrons. The smallest absolute Gasteiger partial charge is 0.106 e. The Morgan fingerprint density at radius 2 is 2.26 bits per heavy atom. The maximum absolute atomic E-state index is 5.66. The highest BCUT2D eigenvalue weighted by Gasteiger charge is 2.35. The molecule has 1 saturated heterocycles. The van der Waals surface area contributed by atoms with Crippen LogP contribution in [0, 0.1) is 0 Å². The number of hydrogen-bond acceptors (Lipinski definition) is 4. The summed E-state index contributed by atoms with van der Waals surface area (Å²) < 4.78 is 16.8. The third-order valence-corrected chi connectivity index (χ3v) is 4.14. The minimum atomic E-state index is -0.174. The van der Waals surface area contributed by atoms with E-state index in [1.54, 1.807) is 7.11 Å². The van der Waals surface area contributed by atoms with Crippen molar-refractivity contribution >= 4 is 0 Å². The van der Waals surface area contributed by atoms with Crippen molar-refractivity contribution in [3.8, 4) is 0 Å². The van der Waals surface area contributed by atoms with E-state index in [1.165, 1.54) is 11.1 Å². The Kier molecular flexibility index (Phi) is 3.84. The summed E-state index contributed by atoms with van der Waals surface area (Å²) in [6.45, 7) is 3.69. The van der Waals surface area contributed by atoms with Crippen LogP contribution in [0.5, 0.6) is 0 Å². The summed E-state index contributed by atoms with van der Waals surface area (Å²) in [6, 6.07) is 8.71. The number of hydrogen-bond donors (Lipinski definition) is 1. The lowest BCUT2D eigenvalue weighted by molar-refractivity contribution is -0.0213. The summed E-state index contributed by atoms with van der Waals surface area (Å²) in [4.78, 5) is 0. The van der Waals surface area contributed by atoms with Crippen molar-refractivity contribution in [2.24, 2.45) is 0 Å². The molecule has 2 heterocycles. The molecule has 4 heteroatoms. The van der Waals surface area contributed by atoms with Crippen molar-refractivity contribution in [3.63, 3.8) is 0 Å². The summed E-state index contributed by atoms with van der Waals surface area (Å²) in [6.07, 6.45) is 0.950. The van der Waals surface area contributed by atoms with Crippen LogP contribution in [0.3, 0.4) is 0 Å². The number of methoxy groups -OCH3 is 1. The molecular formula is C15H21NO3. The van der Waals surface area contributed by atoms with Crippen LogP contribution in [0.1, 0.15) is 23.6 Å². The van der Waals surface area contributed by atoms with Gasteiger partial charge in [-0.15, -0.1) is 0 Å². The summed E-state index contributed by atoms with van der Waals surface area (Å²) in [5, 5.41) is 3.58. The second-order valence-electron chi connectivity index (χ2n) is 5.34. The van der Waals surface area contributed by atoms with Crippen molar-refractivity contribution in [1.82, 2.24) is 5.32 Å². The van der Waals surface area contributed by atoms with Crippen molar-refractivity contribution in [1.29, 1.82) is 0 Å². The highest BCUT2D eigenvalue weighted by Crippen LogP contribution is 2.27. The van der Waals surface area contributed by atoms with Crippen molar-refractivity contribution in [2.45, 2.75) is 24.7 Å². The van der Waals surface area contributed by atoms with Crippen LogP contribution < -0.4 is 5.32 Å². The predicted molar refractivity (Wildman–Crippen MR) is 72.0 cm³/mol. The molecule has 1 aromatic rings. The highest BCUT2D eigenvalue weighted by atomic mass is 16.5. The van der Waals surface area contributed by atoms with E-state index in [1.807, 2.05) is 0 Å². The third kappa shape index (κ3) is 2.67. The quantitative estimate of drug-likeness (QED) is 0.896. The first-order valence-electron chi connectivity index (χ1n) is 6.85. The van der Waals surface area contributed by atoms with Gasteiger partial charge >= 0.3 is 0 Å². The summed E-state index contributed by atoms with van der Waals surface area (Å²) in [5.41, 5.74) is 2.45. The minimum Gasteiger partial charge on any atom is -0.378 e. The first-order valence-corrected chi connectivity index (χ1v) is 6.85. The molecule has 0 aliphatic carbocycles. The molecule has 1 N–H and O–H groups in total. The molecule has 0 bridgehead atoms. The van der Waals surface area contributed by atoms with Crippen LogP contribution in [-0.4, -0.2) is 39.1 Å². The van der Waals surface area contributed by atoms with Gasteiger partial charge in [-0.1, -0.05) is 24.3 Å². The Bertz CT molecular complexity index is 429. The molecule has 2 unspecified atom stereocenters. The van der Waals surface area contributed by atoms with E-state index in [9.17, 15) is 0 Å². The fourth-order valence-electron chi connectivity index (χ4n) is 2.82. The van der Waals surface area contributed by atoms with E-state index in [0.717, 1.165) is 26.2 Å². The van der Waals surface area contributed by atoms with Gasteiger partial charge in [-0.3, -0.25) is 0 Å². The summed E-state index contributed by atoms with van der Waals surface area (Å²) in [5.74, 6) is 0. The molecule has 1 fully saturated rings. The lowest BCUT2D eigenvalue weighted by atomic mass is 9.97. The van der Waals surface area contributed by atoms with E-state index in [-0.39, 0.29) is 11.6 Å². The Morgan fingerprint density at radius 1 is 1.37 bits per heavy atom. The molecule has 3 rings (SSSR count). The SMILES string of the molecule is COC1(CNC2COCc3ccccc32)CCOC1. The van der Waals surface area contributed by atoms with E-state index in [2.05, 4.69) is 29.6 Å². The normalized spacial score (nSPS) is 30.3. The van der Waals surface area contributed by atoms with Gasteiger partial charge in [0.25, 0.3) is 0 Å². The Balaban J connectivity index is 1.68. The number of fused-ring (bicyclic) bond motifs is 1. The van der Waals surface area contributed by atoms with Gasteiger partial charge in [0.05, 0.1) is 25.9 Å². The molecule has 2 aliphatic rings. The maximum atomic E-state index is 5.66. The van der Waals surface area contributed by atoms with Crippen LogP contribution in [-0.2, 0) is 20.8 Å². The first-order chi connectivity index (χ1) is 9.33. The molecule has 0 spiro atoms. The average Bonchev–Trinajstić information content (AvgIpc) is 2.94. The molecule has 0 aromatic heterocycles. The summed E-state index contributed by atoms with van der Waals surface area (Å²) in [7, 11) is 1.77. The van der Waals surface area contributed by atoms with Crippen LogP contribution in [0.4, 0.5) is 0 Å². The highest BCUT2D eigenvalue weighted by molar-refractivity contribution is 5.31. The molecule has 0 amide bonds. The number of nitrogens with one attached hydrogen (secondary N) is 1. The molecule has 1 aromatic carbocycles. The first kappa shape index (κ1) is 13.1. The van der Waals surface area contributed by atoms with Crippen molar-refractivity contribution in [3.05, 3.63) is 35.4 Å². The predicted octanol–water partition coefficient (Wildman–Crippen LogP) is 1.65. The lowest BCUT2D eigenvalue weighted by Gasteiger charge is -2.32. The van der Waals surface area contributed by atoms with Gasteiger partial charge < -0.3 is 19.5 Å². The topological polar surface area (TPSA) is 39.7 Å². The van der Waals surface area contributed by atoms with Gasteiger partial charge in [-0.05, 0) is 11.1 Å². The average molecular weight is 263 g/mol. The van der Waals surface area contributed by atoms with E-state index in [4.69, 9.17) is 14.2 Å². The van der Waals surface area contributed by atoms with Gasteiger partial charge in [0.1, 0.15) is 5.60 Å². The fraction of sp³-hybridized carbons (Fsp3) is 0.600. The molecule has 0 saturated carbocycles. The fourth-order valence-corrected chi connectivity index (χ4v) is 2.82. The Morgan fingerprint density at radius 3 is 3.05 bits per heavy atom. The van der Waals surface area contributed by atoms with Crippen LogP contribution >= 0.6 is 0 Å².